The van der Waals surface area contributed by atoms with E-state index in [1.807, 2.05) is 0 Å². The van der Waals surface area contributed by atoms with E-state index in [4.69, 9.17) is 10.2 Å². The highest BCUT2D eigenvalue weighted by atomic mass is 16.4. The summed E-state index contributed by atoms with van der Waals surface area (Å²) >= 11 is 0. The minimum absolute atomic E-state index is 0.0275. The molecule has 1 heterocycles. The Morgan fingerprint density at radius 3 is 2.94 bits per heavy atom. The molecule has 0 radical (unpaired) electrons. The molecule has 0 aliphatic heterocycles. The lowest BCUT2D eigenvalue weighted by atomic mass is 10.2. The molecule has 0 spiro atoms. The molecule has 0 aromatic carbocycles. The van der Waals surface area contributed by atoms with Crippen molar-refractivity contribution < 1.29 is 15.0 Å². The van der Waals surface area contributed by atoms with Crippen molar-refractivity contribution in [3.05, 3.63) is 36.5 Å². The summed E-state index contributed by atoms with van der Waals surface area (Å²) in [4.78, 5) is 14.6. The lowest BCUT2D eigenvalue weighted by Gasteiger charge is -2.14. The molecule has 5 nitrogen and oxygen atoms in total. The van der Waals surface area contributed by atoms with Gasteiger partial charge in [0.05, 0.1) is 12.6 Å². The number of nitrogens with zero attached hydrogens (tertiary/aromatic N) is 1. The molecule has 1 aromatic heterocycles. The number of aromatic carboxylic acids is 1. The second-order valence-corrected chi connectivity index (χ2v) is 3.26. The topological polar surface area (TPSA) is 82.5 Å². The number of nitrogens with one attached hydrogen (secondary N) is 1. The molecule has 16 heavy (non-hydrogen) atoms. The molecule has 5 heteroatoms. The van der Waals surface area contributed by atoms with Crippen LogP contribution in [0, 0.1) is 0 Å². The number of aliphatic hydroxyl groups excluding tert-OH is 1. The van der Waals surface area contributed by atoms with E-state index in [0.29, 0.717) is 12.2 Å². The van der Waals surface area contributed by atoms with E-state index in [1.54, 1.807) is 18.2 Å². The highest BCUT2D eigenvalue weighted by molar-refractivity contribution is 5.85. The van der Waals surface area contributed by atoms with E-state index >= 15 is 0 Å². The van der Waals surface area contributed by atoms with Crippen LogP contribution in [0.15, 0.2) is 30.9 Å². The maximum absolute atomic E-state index is 10.7. The van der Waals surface area contributed by atoms with Crippen LogP contribution in [0.25, 0.3) is 0 Å². The number of rotatable bonds is 6. The molecule has 0 saturated carbocycles. The molecule has 0 saturated heterocycles. The molecule has 1 rings (SSSR count). The fourth-order valence-electron chi connectivity index (χ4n) is 1.22. The van der Waals surface area contributed by atoms with Gasteiger partial charge in [-0.15, -0.1) is 6.58 Å². The molecule has 86 valence electrons. The van der Waals surface area contributed by atoms with Gasteiger partial charge in [-0.2, -0.15) is 0 Å². The van der Waals surface area contributed by atoms with Gasteiger partial charge < -0.3 is 15.5 Å². The van der Waals surface area contributed by atoms with Gasteiger partial charge >= 0.3 is 5.97 Å². The molecular formula is C11H14N2O3. The third-order valence-electron chi connectivity index (χ3n) is 1.99. The quantitative estimate of drug-likeness (QED) is 0.628. The van der Waals surface area contributed by atoms with Crippen LogP contribution in [0.3, 0.4) is 0 Å². The van der Waals surface area contributed by atoms with Crippen molar-refractivity contribution in [2.45, 2.75) is 12.5 Å². The molecule has 0 aliphatic rings. The van der Waals surface area contributed by atoms with Crippen molar-refractivity contribution in [1.82, 2.24) is 4.98 Å². The smallest absolute Gasteiger partial charge is 0.354 e. The van der Waals surface area contributed by atoms with Gasteiger partial charge in [-0.3, -0.25) is 0 Å². The number of hydrogen-bond donors (Lipinski definition) is 3. The van der Waals surface area contributed by atoms with Gasteiger partial charge in [-0.25, -0.2) is 9.78 Å². The fraction of sp³-hybridized carbons (Fsp3) is 0.273. The third-order valence-corrected chi connectivity index (χ3v) is 1.99. The first kappa shape index (κ1) is 12.2. The number of carbonyl (C=O) groups is 1. The van der Waals surface area contributed by atoms with E-state index in [-0.39, 0.29) is 18.3 Å². The number of pyridine rings is 1. The Bertz CT molecular complexity index is 379. The van der Waals surface area contributed by atoms with Gasteiger partial charge in [0.25, 0.3) is 0 Å². The van der Waals surface area contributed by atoms with E-state index in [0.717, 1.165) is 0 Å². The Balaban J connectivity index is 2.75. The third kappa shape index (κ3) is 3.36. The number of carboxylic acid groups (broad SMARTS) is 1. The predicted molar refractivity (Wildman–Crippen MR) is 60.5 cm³/mol. The summed E-state index contributed by atoms with van der Waals surface area (Å²) in [5, 5.41) is 20.7. The summed E-state index contributed by atoms with van der Waals surface area (Å²) < 4.78 is 0. The number of anilines is 1. The molecular weight excluding hydrogens is 208 g/mol. The highest BCUT2D eigenvalue weighted by Crippen LogP contribution is 2.08. The van der Waals surface area contributed by atoms with Gasteiger partial charge in [0, 0.05) is 0 Å². The van der Waals surface area contributed by atoms with Crippen LogP contribution >= 0.6 is 0 Å². The van der Waals surface area contributed by atoms with E-state index < -0.39 is 5.97 Å². The van der Waals surface area contributed by atoms with E-state index in [2.05, 4.69) is 16.9 Å². The lowest BCUT2D eigenvalue weighted by Crippen LogP contribution is -2.23. The minimum Gasteiger partial charge on any atom is -0.477 e. The molecule has 3 N–H and O–H groups in total. The normalized spacial score (nSPS) is 11.8. The monoisotopic (exact) mass is 222 g/mol. The summed E-state index contributed by atoms with van der Waals surface area (Å²) in [6.45, 7) is 3.51. The Kier molecular flexibility index (Phi) is 4.47. The summed E-state index contributed by atoms with van der Waals surface area (Å²) in [7, 11) is 0. The zero-order valence-corrected chi connectivity index (χ0v) is 8.76. The van der Waals surface area contributed by atoms with Crippen molar-refractivity contribution in [3.8, 4) is 0 Å². The van der Waals surface area contributed by atoms with Crippen LogP contribution in [0.1, 0.15) is 16.9 Å². The van der Waals surface area contributed by atoms with Crippen LogP contribution < -0.4 is 5.32 Å². The van der Waals surface area contributed by atoms with Crippen molar-refractivity contribution >= 4 is 11.8 Å². The van der Waals surface area contributed by atoms with Gasteiger partial charge in [0.15, 0.2) is 5.69 Å². The molecule has 0 aliphatic carbocycles. The standard InChI is InChI=1S/C11H14N2O3/c1-2-4-8(7-14)12-10-6-3-5-9(13-10)11(15)16/h2-3,5-6,8,14H,1,4,7H2,(H,12,13)(H,15,16). The zero-order chi connectivity index (χ0) is 12.0. The van der Waals surface area contributed by atoms with Crippen LogP contribution in [0.5, 0.6) is 0 Å². The van der Waals surface area contributed by atoms with Crippen LogP contribution in [0.2, 0.25) is 0 Å². The minimum atomic E-state index is -1.08. The number of aromatic nitrogens is 1. The molecule has 1 unspecified atom stereocenters. The van der Waals surface area contributed by atoms with Crippen molar-refractivity contribution in [2.75, 3.05) is 11.9 Å². The first-order chi connectivity index (χ1) is 7.67. The molecule has 1 atom stereocenters. The predicted octanol–water partition coefficient (Wildman–Crippen LogP) is 1.13. The Labute approximate surface area is 93.5 Å². The average Bonchev–Trinajstić information content (AvgIpc) is 2.29. The molecule has 0 bridgehead atoms. The van der Waals surface area contributed by atoms with E-state index in [9.17, 15) is 4.79 Å². The molecule has 0 fully saturated rings. The molecule has 1 aromatic rings. The lowest BCUT2D eigenvalue weighted by molar-refractivity contribution is 0.0690. The Morgan fingerprint density at radius 1 is 1.62 bits per heavy atom. The highest BCUT2D eigenvalue weighted by Gasteiger charge is 2.08. The van der Waals surface area contributed by atoms with Crippen LogP contribution in [-0.4, -0.2) is 33.8 Å². The average molecular weight is 222 g/mol. The van der Waals surface area contributed by atoms with Crippen LogP contribution in [0.4, 0.5) is 5.82 Å². The van der Waals surface area contributed by atoms with Gasteiger partial charge in [-0.1, -0.05) is 12.1 Å². The van der Waals surface area contributed by atoms with Gasteiger partial charge in [0.2, 0.25) is 0 Å². The first-order valence-corrected chi connectivity index (χ1v) is 4.86. The second kappa shape index (κ2) is 5.87. The summed E-state index contributed by atoms with van der Waals surface area (Å²) in [6.07, 6.45) is 2.25. The number of carboxylic acids is 1. The fourth-order valence-corrected chi connectivity index (χ4v) is 1.22. The zero-order valence-electron chi connectivity index (χ0n) is 8.76. The van der Waals surface area contributed by atoms with Crippen molar-refractivity contribution in [2.24, 2.45) is 0 Å². The summed E-state index contributed by atoms with van der Waals surface area (Å²) in [5.74, 6) is -0.645. The SMILES string of the molecule is C=CCC(CO)Nc1cccc(C(=O)O)n1. The van der Waals surface area contributed by atoms with Gasteiger partial charge in [0.1, 0.15) is 5.82 Å². The molecule has 0 amide bonds. The Morgan fingerprint density at radius 2 is 2.38 bits per heavy atom. The van der Waals surface area contributed by atoms with E-state index in [1.165, 1.54) is 6.07 Å². The number of hydrogen-bond acceptors (Lipinski definition) is 4. The summed E-state index contributed by atoms with van der Waals surface area (Å²) in [5.41, 5.74) is -0.0275. The first-order valence-electron chi connectivity index (χ1n) is 4.86. The maximum atomic E-state index is 10.7. The van der Waals surface area contributed by atoms with Crippen LogP contribution in [-0.2, 0) is 0 Å². The number of aliphatic hydroxyl groups is 1. The van der Waals surface area contributed by atoms with Crippen molar-refractivity contribution in [3.63, 3.8) is 0 Å². The maximum Gasteiger partial charge on any atom is 0.354 e. The second-order valence-electron chi connectivity index (χ2n) is 3.26. The Hall–Kier alpha value is -1.88. The summed E-state index contributed by atoms with van der Waals surface area (Å²) in [6, 6.07) is 4.46. The largest absolute Gasteiger partial charge is 0.477 e. The van der Waals surface area contributed by atoms with Crippen molar-refractivity contribution in [1.29, 1.82) is 0 Å². The van der Waals surface area contributed by atoms with Gasteiger partial charge in [-0.05, 0) is 18.6 Å².